The van der Waals surface area contributed by atoms with E-state index in [-0.39, 0.29) is 17.2 Å². The van der Waals surface area contributed by atoms with E-state index in [1.54, 1.807) is 20.8 Å². The van der Waals surface area contributed by atoms with E-state index in [0.29, 0.717) is 6.47 Å². The first kappa shape index (κ1) is 14.8. The molecule has 0 radical (unpaired) electrons. The van der Waals surface area contributed by atoms with Crippen molar-refractivity contribution in [2.75, 3.05) is 7.11 Å². The fraction of sp³-hybridized carbons (Fsp3) is 0.385. The molecule has 104 valence electrons. The number of hydrogen-bond acceptors (Lipinski definition) is 6. The molecule has 0 aliphatic heterocycles. The summed E-state index contributed by atoms with van der Waals surface area (Å²) in [5.74, 6) is 0.712. The molecule has 1 rings (SSSR count). The fourth-order valence-corrected chi connectivity index (χ4v) is 1.22. The van der Waals surface area contributed by atoms with Gasteiger partial charge in [0, 0.05) is 6.07 Å². The molecule has 0 aliphatic carbocycles. The number of carbonyl (C=O) groups excluding carboxylic acids is 2. The van der Waals surface area contributed by atoms with Crippen LogP contribution in [0.4, 0.5) is 4.79 Å². The molecule has 0 atom stereocenters. The third-order valence-corrected chi connectivity index (χ3v) is 1.90. The van der Waals surface area contributed by atoms with E-state index in [0.717, 1.165) is 0 Å². The summed E-state index contributed by atoms with van der Waals surface area (Å²) in [6, 6.07) is 4.34. The molecule has 1 aromatic carbocycles. The molecule has 6 nitrogen and oxygen atoms in total. The third kappa shape index (κ3) is 4.87. The van der Waals surface area contributed by atoms with Gasteiger partial charge in [0.15, 0.2) is 11.5 Å². The molecule has 19 heavy (non-hydrogen) atoms. The van der Waals surface area contributed by atoms with Crippen LogP contribution in [0.2, 0.25) is 0 Å². The summed E-state index contributed by atoms with van der Waals surface area (Å²) in [6.07, 6.45) is -0.838. The molecule has 0 aromatic heterocycles. The van der Waals surface area contributed by atoms with Gasteiger partial charge in [-0.25, -0.2) is 4.79 Å². The first-order valence-electron chi connectivity index (χ1n) is 5.55. The lowest BCUT2D eigenvalue weighted by atomic mass is 10.2. The highest BCUT2D eigenvalue weighted by Gasteiger charge is 2.19. The Morgan fingerprint density at radius 3 is 2.42 bits per heavy atom. The molecule has 0 aliphatic rings. The van der Waals surface area contributed by atoms with Gasteiger partial charge in [0.1, 0.15) is 11.4 Å². The van der Waals surface area contributed by atoms with Gasteiger partial charge < -0.3 is 18.9 Å². The smallest absolute Gasteiger partial charge is 0.493 e. The van der Waals surface area contributed by atoms with E-state index in [2.05, 4.69) is 4.74 Å². The zero-order valence-corrected chi connectivity index (χ0v) is 11.3. The topological polar surface area (TPSA) is 71.1 Å². The summed E-state index contributed by atoms with van der Waals surface area (Å²) in [7, 11) is 1.40. The van der Waals surface area contributed by atoms with Crippen molar-refractivity contribution in [2.24, 2.45) is 0 Å². The van der Waals surface area contributed by atoms with E-state index in [9.17, 15) is 9.59 Å². The van der Waals surface area contributed by atoms with Gasteiger partial charge in [-0.05, 0) is 32.9 Å². The van der Waals surface area contributed by atoms with Crippen molar-refractivity contribution in [3.8, 4) is 17.2 Å². The highest BCUT2D eigenvalue weighted by Crippen LogP contribution is 2.31. The largest absolute Gasteiger partial charge is 0.514 e. The van der Waals surface area contributed by atoms with Gasteiger partial charge >= 0.3 is 6.16 Å². The lowest BCUT2D eigenvalue weighted by molar-refractivity contribution is -0.120. The van der Waals surface area contributed by atoms with Crippen LogP contribution in [0.15, 0.2) is 18.2 Å². The molecule has 0 N–H and O–H groups in total. The molecule has 0 fully saturated rings. The Labute approximate surface area is 111 Å². The Morgan fingerprint density at radius 1 is 1.21 bits per heavy atom. The molecule has 0 amide bonds. The summed E-state index contributed by atoms with van der Waals surface area (Å²) in [5.41, 5.74) is -0.648. The Bertz CT molecular complexity index is 461. The molecule has 0 saturated heterocycles. The number of rotatable bonds is 4. The van der Waals surface area contributed by atoms with Gasteiger partial charge in [-0.3, -0.25) is 4.79 Å². The van der Waals surface area contributed by atoms with Gasteiger partial charge in [0.25, 0.3) is 6.47 Å². The van der Waals surface area contributed by atoms with Gasteiger partial charge in [0.05, 0.1) is 7.11 Å². The summed E-state index contributed by atoms with van der Waals surface area (Å²) in [5, 5.41) is 0. The van der Waals surface area contributed by atoms with Crippen molar-refractivity contribution >= 4 is 12.6 Å². The molecule has 0 spiro atoms. The van der Waals surface area contributed by atoms with Crippen LogP contribution in [0, 0.1) is 0 Å². The van der Waals surface area contributed by atoms with Gasteiger partial charge in [-0.1, -0.05) is 0 Å². The first-order valence-corrected chi connectivity index (χ1v) is 5.55. The Morgan fingerprint density at radius 2 is 1.89 bits per heavy atom. The predicted molar refractivity (Wildman–Crippen MR) is 66.5 cm³/mol. The SMILES string of the molecule is COc1cc(OC=O)ccc1OC(=O)OC(C)(C)C. The number of methoxy groups -OCH3 is 1. The van der Waals surface area contributed by atoms with E-state index in [4.69, 9.17) is 14.2 Å². The van der Waals surface area contributed by atoms with Crippen LogP contribution < -0.4 is 14.2 Å². The van der Waals surface area contributed by atoms with Crippen molar-refractivity contribution in [3.05, 3.63) is 18.2 Å². The second-order valence-corrected chi connectivity index (χ2v) is 4.59. The van der Waals surface area contributed by atoms with Gasteiger partial charge in [0.2, 0.25) is 0 Å². The number of ether oxygens (including phenoxy) is 4. The minimum absolute atomic E-state index is 0.176. The van der Waals surface area contributed by atoms with Crippen LogP contribution in [0.1, 0.15) is 20.8 Å². The maximum Gasteiger partial charge on any atom is 0.514 e. The van der Waals surface area contributed by atoms with Crippen LogP contribution in [0.3, 0.4) is 0 Å². The zero-order valence-electron chi connectivity index (χ0n) is 11.3. The Hall–Kier alpha value is -2.24. The fourth-order valence-electron chi connectivity index (χ4n) is 1.22. The minimum atomic E-state index is -0.838. The van der Waals surface area contributed by atoms with E-state index in [1.807, 2.05) is 0 Å². The number of carbonyl (C=O) groups is 2. The monoisotopic (exact) mass is 268 g/mol. The van der Waals surface area contributed by atoms with Crippen LogP contribution in [0.25, 0.3) is 0 Å². The molecule has 0 bridgehead atoms. The predicted octanol–water partition coefficient (Wildman–Crippen LogP) is 2.54. The lowest BCUT2D eigenvalue weighted by Gasteiger charge is -2.19. The first-order chi connectivity index (χ1) is 8.85. The van der Waals surface area contributed by atoms with Gasteiger partial charge in [-0.2, -0.15) is 0 Å². The Balaban J connectivity index is 2.83. The van der Waals surface area contributed by atoms with Crippen LogP contribution in [-0.4, -0.2) is 25.3 Å². The standard InChI is InChI=1S/C13H16O6/c1-13(2,3)19-12(15)18-10-6-5-9(17-8-14)7-11(10)16-4/h5-8H,1-4H3. The molecular weight excluding hydrogens is 252 g/mol. The normalized spacial score (nSPS) is 10.5. The maximum atomic E-state index is 11.5. The lowest BCUT2D eigenvalue weighted by Crippen LogP contribution is -2.26. The van der Waals surface area contributed by atoms with E-state index in [1.165, 1.54) is 25.3 Å². The quantitative estimate of drug-likeness (QED) is 0.474. The minimum Gasteiger partial charge on any atom is -0.493 e. The number of benzene rings is 1. The number of hydrogen-bond donors (Lipinski definition) is 0. The van der Waals surface area contributed by atoms with Crippen molar-refractivity contribution < 1.29 is 28.5 Å². The third-order valence-electron chi connectivity index (χ3n) is 1.90. The van der Waals surface area contributed by atoms with E-state index < -0.39 is 11.8 Å². The van der Waals surface area contributed by atoms with Crippen molar-refractivity contribution in [1.82, 2.24) is 0 Å². The maximum absolute atomic E-state index is 11.5. The summed E-state index contributed by atoms with van der Waals surface area (Å²) in [4.78, 5) is 21.7. The van der Waals surface area contributed by atoms with Crippen molar-refractivity contribution in [1.29, 1.82) is 0 Å². The summed E-state index contributed by atoms with van der Waals surface area (Å²) >= 11 is 0. The van der Waals surface area contributed by atoms with Crippen LogP contribution >= 0.6 is 0 Å². The average molecular weight is 268 g/mol. The molecule has 0 unspecified atom stereocenters. The highest BCUT2D eigenvalue weighted by atomic mass is 16.7. The zero-order chi connectivity index (χ0) is 14.5. The molecular formula is C13H16O6. The molecule has 1 aromatic rings. The second-order valence-electron chi connectivity index (χ2n) is 4.59. The Kier molecular flexibility index (Phi) is 4.74. The highest BCUT2D eigenvalue weighted by molar-refractivity contribution is 5.66. The van der Waals surface area contributed by atoms with Crippen molar-refractivity contribution in [2.45, 2.75) is 26.4 Å². The van der Waals surface area contributed by atoms with Crippen LogP contribution in [0.5, 0.6) is 17.2 Å². The van der Waals surface area contributed by atoms with Gasteiger partial charge in [-0.15, -0.1) is 0 Å². The molecule has 0 heterocycles. The summed E-state index contributed by atoms with van der Waals surface area (Å²) in [6.45, 7) is 5.48. The molecule has 0 saturated carbocycles. The average Bonchev–Trinajstić information content (AvgIpc) is 2.29. The summed E-state index contributed by atoms with van der Waals surface area (Å²) < 4.78 is 19.7. The molecule has 6 heteroatoms. The van der Waals surface area contributed by atoms with Crippen molar-refractivity contribution in [3.63, 3.8) is 0 Å². The van der Waals surface area contributed by atoms with E-state index >= 15 is 0 Å². The van der Waals surface area contributed by atoms with Crippen LogP contribution in [-0.2, 0) is 9.53 Å². The second kappa shape index (κ2) is 6.08.